The molecule has 2 heteroatoms. The number of hydrogen-bond acceptors (Lipinski definition) is 2. The summed E-state index contributed by atoms with van der Waals surface area (Å²) in [6.07, 6.45) is 13.8. The molecule has 0 heterocycles. The number of nitrogens with two attached hydrogens (primary N) is 1. The number of hydrogen-bond donors (Lipinski definition) is 1. The third-order valence-electron chi connectivity index (χ3n) is 5.30. The Hall–Kier alpha value is -2.61. The fraction of sp³-hybridized carbons (Fsp3) is 0.346. The predicted molar refractivity (Wildman–Crippen MR) is 123 cm³/mol. The summed E-state index contributed by atoms with van der Waals surface area (Å²) in [5.41, 5.74) is 15.6. The molecule has 0 bridgehead atoms. The van der Waals surface area contributed by atoms with Crippen LogP contribution in [-0.2, 0) is 13.0 Å². The van der Waals surface area contributed by atoms with E-state index in [2.05, 4.69) is 76.3 Å². The number of aliphatic imine (C=N–C) groups is 1. The van der Waals surface area contributed by atoms with Crippen molar-refractivity contribution in [2.24, 2.45) is 10.7 Å². The standard InChI is InChI=1S/C26H34N2/c1-6-23-11-13-24(14-12-23)18-28-22(5)16-25(15-20(3)21(4)17-27)26-10-8-7-9-19(26)2/h7,9,11-17H,6,8,10,18,27H2,1-5H3/b20-15+,21-17-,25-16+,28-22?. The Kier molecular flexibility index (Phi) is 8.25. The maximum absolute atomic E-state index is 5.72. The van der Waals surface area contributed by atoms with Gasteiger partial charge in [-0.3, -0.25) is 4.99 Å². The largest absolute Gasteiger partial charge is 0.404 e. The van der Waals surface area contributed by atoms with E-state index in [1.54, 1.807) is 6.20 Å². The Morgan fingerprint density at radius 1 is 1.04 bits per heavy atom. The topological polar surface area (TPSA) is 38.4 Å². The van der Waals surface area contributed by atoms with Gasteiger partial charge in [-0.25, -0.2) is 0 Å². The minimum Gasteiger partial charge on any atom is -0.404 e. The molecule has 2 rings (SSSR count). The smallest absolute Gasteiger partial charge is 0.0642 e. The molecule has 0 fully saturated rings. The number of nitrogens with zero attached hydrogens (tertiary/aromatic N) is 1. The van der Waals surface area contributed by atoms with Crippen LogP contribution in [0.25, 0.3) is 0 Å². The van der Waals surface area contributed by atoms with E-state index in [1.807, 2.05) is 6.92 Å². The van der Waals surface area contributed by atoms with E-state index in [0.717, 1.165) is 30.5 Å². The van der Waals surface area contributed by atoms with Crippen molar-refractivity contribution in [3.05, 3.63) is 93.8 Å². The third-order valence-corrected chi connectivity index (χ3v) is 5.30. The van der Waals surface area contributed by atoms with Crippen LogP contribution >= 0.6 is 0 Å². The fourth-order valence-corrected chi connectivity index (χ4v) is 3.22. The molecule has 0 spiro atoms. The van der Waals surface area contributed by atoms with E-state index in [1.165, 1.54) is 33.4 Å². The van der Waals surface area contributed by atoms with Gasteiger partial charge < -0.3 is 5.73 Å². The van der Waals surface area contributed by atoms with Crippen molar-refractivity contribution in [1.82, 2.24) is 0 Å². The van der Waals surface area contributed by atoms with Crippen LogP contribution in [0.5, 0.6) is 0 Å². The summed E-state index contributed by atoms with van der Waals surface area (Å²) in [5, 5.41) is 0. The molecule has 1 aliphatic carbocycles. The summed E-state index contributed by atoms with van der Waals surface area (Å²) < 4.78 is 0. The summed E-state index contributed by atoms with van der Waals surface area (Å²) in [7, 11) is 0. The first-order valence-corrected chi connectivity index (χ1v) is 10.2. The van der Waals surface area contributed by atoms with E-state index < -0.39 is 0 Å². The molecule has 0 amide bonds. The second kappa shape index (κ2) is 10.7. The van der Waals surface area contributed by atoms with Gasteiger partial charge in [0.05, 0.1) is 6.54 Å². The Labute approximate surface area is 171 Å². The van der Waals surface area contributed by atoms with Crippen molar-refractivity contribution in [3.63, 3.8) is 0 Å². The zero-order valence-electron chi connectivity index (χ0n) is 18.0. The maximum Gasteiger partial charge on any atom is 0.0642 e. The van der Waals surface area contributed by atoms with Crippen LogP contribution in [0, 0.1) is 0 Å². The van der Waals surface area contributed by atoms with Crippen LogP contribution < -0.4 is 5.73 Å². The molecule has 0 aliphatic heterocycles. The molecular formula is C26H34N2. The Bertz CT molecular complexity index is 856. The van der Waals surface area contributed by atoms with E-state index >= 15 is 0 Å². The van der Waals surface area contributed by atoms with Gasteiger partial charge in [-0.2, -0.15) is 0 Å². The highest BCUT2D eigenvalue weighted by atomic mass is 14.7. The molecule has 0 radical (unpaired) electrons. The number of benzene rings is 1. The van der Waals surface area contributed by atoms with Gasteiger partial charge in [-0.15, -0.1) is 0 Å². The van der Waals surface area contributed by atoms with Crippen molar-refractivity contribution in [2.45, 2.75) is 60.4 Å². The van der Waals surface area contributed by atoms with Gasteiger partial charge in [0.1, 0.15) is 0 Å². The number of aryl methyl sites for hydroxylation is 1. The van der Waals surface area contributed by atoms with E-state index in [4.69, 9.17) is 10.7 Å². The molecular weight excluding hydrogens is 340 g/mol. The zero-order chi connectivity index (χ0) is 20.5. The zero-order valence-corrected chi connectivity index (χ0v) is 18.0. The van der Waals surface area contributed by atoms with Gasteiger partial charge in [-0.1, -0.05) is 49.4 Å². The highest BCUT2D eigenvalue weighted by molar-refractivity contribution is 5.94. The molecule has 2 nitrogen and oxygen atoms in total. The van der Waals surface area contributed by atoms with Gasteiger partial charge in [-0.05, 0) is 98.2 Å². The van der Waals surface area contributed by atoms with E-state index in [0.29, 0.717) is 6.54 Å². The number of rotatable bonds is 7. The summed E-state index contributed by atoms with van der Waals surface area (Å²) in [5.74, 6) is 0. The van der Waals surface area contributed by atoms with Crippen LogP contribution in [-0.4, -0.2) is 5.71 Å². The second-order valence-electron chi connectivity index (χ2n) is 7.51. The summed E-state index contributed by atoms with van der Waals surface area (Å²) in [6, 6.07) is 8.74. The third kappa shape index (κ3) is 6.23. The Balaban J connectivity index is 2.32. The van der Waals surface area contributed by atoms with Crippen LogP contribution in [0.3, 0.4) is 0 Å². The minimum absolute atomic E-state index is 0.710. The molecule has 0 saturated carbocycles. The first-order chi connectivity index (χ1) is 13.4. The monoisotopic (exact) mass is 374 g/mol. The lowest BCUT2D eigenvalue weighted by molar-refractivity contribution is 0.955. The van der Waals surface area contributed by atoms with Gasteiger partial charge in [0.25, 0.3) is 0 Å². The molecule has 1 aromatic carbocycles. The van der Waals surface area contributed by atoms with Crippen molar-refractivity contribution in [1.29, 1.82) is 0 Å². The molecule has 1 aromatic rings. The average Bonchev–Trinajstić information content (AvgIpc) is 2.71. The average molecular weight is 375 g/mol. The summed E-state index contributed by atoms with van der Waals surface area (Å²) in [6.45, 7) is 11.3. The lowest BCUT2D eigenvalue weighted by atomic mass is 9.90. The lowest BCUT2D eigenvalue weighted by Gasteiger charge is -2.16. The van der Waals surface area contributed by atoms with Crippen LogP contribution in [0.1, 0.15) is 58.6 Å². The molecule has 0 unspecified atom stereocenters. The van der Waals surface area contributed by atoms with Crippen molar-refractivity contribution in [3.8, 4) is 0 Å². The molecule has 0 aromatic heterocycles. The van der Waals surface area contributed by atoms with E-state index in [-0.39, 0.29) is 0 Å². The summed E-state index contributed by atoms with van der Waals surface area (Å²) >= 11 is 0. The fourth-order valence-electron chi connectivity index (χ4n) is 3.22. The van der Waals surface area contributed by atoms with Gasteiger partial charge in [0.15, 0.2) is 0 Å². The minimum atomic E-state index is 0.710. The van der Waals surface area contributed by atoms with E-state index in [9.17, 15) is 0 Å². The van der Waals surface area contributed by atoms with Gasteiger partial charge in [0.2, 0.25) is 0 Å². The van der Waals surface area contributed by atoms with Gasteiger partial charge in [0, 0.05) is 5.71 Å². The first-order valence-electron chi connectivity index (χ1n) is 10.2. The molecule has 2 N–H and O–H groups in total. The molecule has 0 saturated heterocycles. The normalized spacial score (nSPS) is 16.8. The van der Waals surface area contributed by atoms with Crippen LogP contribution in [0.15, 0.2) is 87.6 Å². The van der Waals surface area contributed by atoms with Crippen molar-refractivity contribution < 1.29 is 0 Å². The van der Waals surface area contributed by atoms with Crippen molar-refractivity contribution >= 4 is 5.71 Å². The SMILES string of the molecule is CCc1ccc(CN=C(C)\C=C(/C=C(C)/C(C)=C\N)C2=C(C)C=CCC2)cc1. The Morgan fingerprint density at radius 2 is 1.71 bits per heavy atom. The summed E-state index contributed by atoms with van der Waals surface area (Å²) in [4.78, 5) is 4.81. The Morgan fingerprint density at radius 3 is 2.32 bits per heavy atom. The number of allylic oxidation sites excluding steroid dienone is 9. The van der Waals surface area contributed by atoms with Crippen LogP contribution in [0.4, 0.5) is 0 Å². The highest BCUT2D eigenvalue weighted by Gasteiger charge is 2.10. The van der Waals surface area contributed by atoms with Crippen LogP contribution in [0.2, 0.25) is 0 Å². The molecule has 28 heavy (non-hydrogen) atoms. The lowest BCUT2D eigenvalue weighted by Crippen LogP contribution is -2.00. The highest BCUT2D eigenvalue weighted by Crippen LogP contribution is 2.28. The van der Waals surface area contributed by atoms with Crippen molar-refractivity contribution in [2.75, 3.05) is 0 Å². The quantitative estimate of drug-likeness (QED) is 0.423. The van der Waals surface area contributed by atoms with Gasteiger partial charge >= 0.3 is 0 Å². The molecule has 1 aliphatic rings. The molecule has 0 atom stereocenters. The first kappa shape index (κ1) is 21.7. The maximum atomic E-state index is 5.72. The predicted octanol–water partition coefficient (Wildman–Crippen LogP) is 6.61. The second-order valence-corrected chi connectivity index (χ2v) is 7.51. The molecule has 148 valence electrons.